The minimum Gasteiger partial charge on any atom is -0.437 e. The van der Waals surface area contributed by atoms with E-state index in [4.69, 9.17) is 10.5 Å². The quantitative estimate of drug-likeness (QED) is 0.580. The molecule has 0 aromatic carbocycles. The van der Waals surface area contributed by atoms with Gasteiger partial charge in [0.15, 0.2) is 5.34 Å². The van der Waals surface area contributed by atoms with E-state index < -0.39 is 24.8 Å². The highest BCUT2D eigenvalue weighted by Crippen LogP contribution is 2.57. The Morgan fingerprint density at radius 3 is 2.76 bits per heavy atom. The number of ether oxygens (including phenoxy) is 2. The molecule has 0 bridgehead atoms. The average molecular weight is 375 g/mol. The van der Waals surface area contributed by atoms with Crippen molar-refractivity contribution in [3.05, 3.63) is 22.7 Å². The number of carbonyl (C=O) groups excluding carboxylic acids is 1. The van der Waals surface area contributed by atoms with E-state index in [0.717, 1.165) is 7.11 Å². The molecule has 3 atom stereocenters. The molecule has 10 nitrogen and oxygen atoms in total. The number of nitrogens with two attached hydrogens (primary N) is 1. The maximum Gasteiger partial charge on any atom is 0.514 e. The molecule has 0 radical (unpaired) electrons. The molecule has 1 aliphatic rings. The van der Waals surface area contributed by atoms with Crippen molar-refractivity contribution < 1.29 is 28.3 Å². The van der Waals surface area contributed by atoms with Gasteiger partial charge in [0.2, 0.25) is 0 Å². The van der Waals surface area contributed by atoms with Crippen LogP contribution in [0.3, 0.4) is 0 Å². The molecule has 1 fully saturated rings. The third-order valence-electron chi connectivity index (χ3n) is 4.10. The lowest BCUT2D eigenvalue weighted by Gasteiger charge is -2.31. The van der Waals surface area contributed by atoms with Gasteiger partial charge in [0, 0.05) is 12.2 Å². The van der Waals surface area contributed by atoms with Crippen LogP contribution in [0.25, 0.3) is 0 Å². The summed E-state index contributed by atoms with van der Waals surface area (Å²) in [6.07, 6.45) is 1.59. The first-order valence-electron chi connectivity index (χ1n) is 7.68. The van der Waals surface area contributed by atoms with Crippen LogP contribution < -0.4 is 11.4 Å². The summed E-state index contributed by atoms with van der Waals surface area (Å²) in [5.41, 5.74) is 5.02. The Balaban J connectivity index is 2.05. The molecular weight excluding hydrogens is 353 g/mol. The van der Waals surface area contributed by atoms with Crippen molar-refractivity contribution in [3.8, 4) is 0 Å². The van der Waals surface area contributed by atoms with E-state index in [9.17, 15) is 19.0 Å². The second-order valence-corrected chi connectivity index (χ2v) is 8.56. The molecule has 0 amide bonds. The minimum absolute atomic E-state index is 0.148. The maximum absolute atomic E-state index is 12.3. The Morgan fingerprint density at radius 2 is 2.16 bits per heavy atom. The van der Waals surface area contributed by atoms with E-state index in [1.165, 1.54) is 24.5 Å². The Morgan fingerprint density at radius 1 is 1.48 bits per heavy atom. The second-order valence-electron chi connectivity index (χ2n) is 6.26. The zero-order valence-corrected chi connectivity index (χ0v) is 15.1. The fourth-order valence-electron chi connectivity index (χ4n) is 2.70. The standard InChI is InChI=1S/C14H22N3O7P/c1-14(2,25(20,21)24-13(19)22-3)23-10-5-4-9(8-10)17-7-6-11(15)16-12(17)18/h6-7,9-10H,4-5,8H2,1-3H3,(H,20,21)(H2,15,16,18)/t9-,10+/m0/s1. The fourth-order valence-corrected chi connectivity index (χ4v) is 3.48. The van der Waals surface area contributed by atoms with Crippen LogP contribution in [0.15, 0.2) is 17.1 Å². The molecule has 0 aliphatic heterocycles. The van der Waals surface area contributed by atoms with Crippen LogP contribution in [0.4, 0.5) is 10.6 Å². The van der Waals surface area contributed by atoms with Gasteiger partial charge in [0.1, 0.15) is 5.82 Å². The van der Waals surface area contributed by atoms with Crippen LogP contribution in [-0.4, -0.2) is 39.2 Å². The van der Waals surface area contributed by atoms with Gasteiger partial charge in [-0.2, -0.15) is 4.98 Å². The smallest absolute Gasteiger partial charge is 0.437 e. The van der Waals surface area contributed by atoms with Crippen molar-refractivity contribution in [2.24, 2.45) is 0 Å². The summed E-state index contributed by atoms with van der Waals surface area (Å²) in [6.45, 7) is 2.72. The zero-order chi connectivity index (χ0) is 18.8. The molecule has 25 heavy (non-hydrogen) atoms. The molecule has 140 valence electrons. The maximum atomic E-state index is 12.3. The molecular formula is C14H22N3O7P. The third-order valence-corrected chi connectivity index (χ3v) is 5.97. The number of methoxy groups -OCH3 is 1. The van der Waals surface area contributed by atoms with E-state index in [1.807, 2.05) is 0 Å². The van der Waals surface area contributed by atoms with Crippen LogP contribution >= 0.6 is 7.60 Å². The molecule has 1 heterocycles. The first-order chi connectivity index (χ1) is 11.6. The predicted octanol–water partition coefficient (Wildman–Crippen LogP) is 1.64. The van der Waals surface area contributed by atoms with Gasteiger partial charge < -0.3 is 24.6 Å². The number of nitrogens with zero attached hydrogens (tertiary/aromatic N) is 2. The molecule has 11 heteroatoms. The lowest BCUT2D eigenvalue weighted by atomic mass is 10.2. The summed E-state index contributed by atoms with van der Waals surface area (Å²) >= 11 is 0. The highest BCUT2D eigenvalue weighted by Gasteiger charge is 2.47. The number of carbonyl (C=O) groups is 1. The third kappa shape index (κ3) is 4.39. The van der Waals surface area contributed by atoms with Crippen LogP contribution in [0.1, 0.15) is 39.2 Å². The number of hydrogen-bond donors (Lipinski definition) is 2. The Hall–Kier alpha value is -1.90. The summed E-state index contributed by atoms with van der Waals surface area (Å²) in [7, 11) is -3.38. The first-order valence-corrected chi connectivity index (χ1v) is 9.26. The van der Waals surface area contributed by atoms with Crippen molar-refractivity contribution in [3.63, 3.8) is 0 Å². The van der Waals surface area contributed by atoms with Gasteiger partial charge in [0.05, 0.1) is 13.2 Å². The van der Waals surface area contributed by atoms with Crippen LogP contribution in [-0.2, 0) is 18.6 Å². The number of anilines is 1. The lowest BCUT2D eigenvalue weighted by Crippen LogP contribution is -2.32. The fraction of sp³-hybridized carbons (Fsp3) is 0.643. The largest absolute Gasteiger partial charge is 0.514 e. The van der Waals surface area contributed by atoms with Crippen molar-refractivity contribution >= 4 is 19.6 Å². The summed E-state index contributed by atoms with van der Waals surface area (Å²) < 4.78 is 28.1. The number of hydrogen-bond acceptors (Lipinski definition) is 8. The molecule has 1 aromatic heterocycles. The lowest BCUT2D eigenvalue weighted by molar-refractivity contribution is -0.0342. The molecule has 1 saturated carbocycles. The minimum atomic E-state index is -4.42. The Labute approximate surface area is 144 Å². The molecule has 0 saturated heterocycles. The van der Waals surface area contributed by atoms with Crippen molar-refractivity contribution in [1.29, 1.82) is 0 Å². The molecule has 1 aromatic rings. The van der Waals surface area contributed by atoms with E-state index >= 15 is 0 Å². The normalized spacial score (nSPS) is 23.0. The number of nitrogen functional groups attached to an aromatic ring is 1. The van der Waals surface area contributed by atoms with E-state index in [2.05, 4.69) is 14.2 Å². The molecule has 1 unspecified atom stereocenters. The topological polar surface area (TPSA) is 143 Å². The van der Waals surface area contributed by atoms with Crippen LogP contribution in [0, 0.1) is 0 Å². The number of aromatic nitrogens is 2. The van der Waals surface area contributed by atoms with Gasteiger partial charge in [-0.15, -0.1) is 0 Å². The van der Waals surface area contributed by atoms with E-state index in [0.29, 0.717) is 19.3 Å². The highest BCUT2D eigenvalue weighted by molar-refractivity contribution is 7.54. The van der Waals surface area contributed by atoms with E-state index in [-0.39, 0.29) is 18.0 Å². The SMILES string of the molecule is COC(=O)OP(=O)(O)C(C)(C)O[C@@H]1CC[C@H](n2ccc(N)nc2=O)C1. The zero-order valence-electron chi connectivity index (χ0n) is 14.2. The summed E-state index contributed by atoms with van der Waals surface area (Å²) in [5.74, 6) is 0.148. The summed E-state index contributed by atoms with van der Waals surface area (Å²) in [5, 5.41) is -1.62. The molecule has 0 spiro atoms. The first kappa shape index (κ1) is 19.4. The Kier molecular flexibility index (Phi) is 5.55. The average Bonchev–Trinajstić information content (AvgIpc) is 2.93. The predicted molar refractivity (Wildman–Crippen MR) is 88.1 cm³/mol. The molecule has 1 aliphatic carbocycles. The monoisotopic (exact) mass is 375 g/mol. The summed E-state index contributed by atoms with van der Waals surface area (Å²) in [4.78, 5) is 36.7. The van der Waals surface area contributed by atoms with E-state index in [1.54, 1.807) is 6.20 Å². The van der Waals surface area contributed by atoms with Gasteiger partial charge in [-0.05, 0) is 39.2 Å². The second kappa shape index (κ2) is 7.15. The van der Waals surface area contributed by atoms with Crippen molar-refractivity contribution in [2.45, 2.75) is 50.6 Å². The van der Waals surface area contributed by atoms with Gasteiger partial charge >= 0.3 is 19.4 Å². The number of rotatable bonds is 5. The van der Waals surface area contributed by atoms with Gasteiger partial charge in [-0.25, -0.2) is 14.2 Å². The van der Waals surface area contributed by atoms with Crippen LogP contribution in [0.2, 0.25) is 0 Å². The van der Waals surface area contributed by atoms with Gasteiger partial charge in [0.25, 0.3) is 0 Å². The molecule has 2 rings (SSSR count). The van der Waals surface area contributed by atoms with Crippen LogP contribution in [0.5, 0.6) is 0 Å². The summed E-state index contributed by atoms with van der Waals surface area (Å²) in [6, 6.07) is 1.38. The Bertz CT molecular complexity index is 748. The van der Waals surface area contributed by atoms with Gasteiger partial charge in [-0.3, -0.25) is 4.57 Å². The van der Waals surface area contributed by atoms with Crippen molar-refractivity contribution in [2.75, 3.05) is 12.8 Å². The molecule has 3 N–H and O–H groups in total. The highest BCUT2D eigenvalue weighted by atomic mass is 31.2. The van der Waals surface area contributed by atoms with Gasteiger partial charge in [-0.1, -0.05) is 0 Å². The van der Waals surface area contributed by atoms with Crippen molar-refractivity contribution in [1.82, 2.24) is 9.55 Å².